The Morgan fingerprint density at radius 2 is 1.83 bits per heavy atom. The number of amides is 2. The quantitative estimate of drug-likeness (QED) is 0.521. The average molecular weight is 445 g/mol. The van der Waals surface area contributed by atoms with Crippen LogP contribution in [0.15, 0.2) is 25.9 Å². The fraction of sp³-hybridized carbons (Fsp3) is 0.0714. The Hall–Kier alpha value is -2.00. The molecule has 1 aliphatic heterocycles. The van der Waals surface area contributed by atoms with Crippen LogP contribution >= 0.6 is 31.9 Å². The van der Waals surface area contributed by atoms with Crippen molar-refractivity contribution < 1.29 is 14.0 Å². The fourth-order valence-electron chi connectivity index (χ4n) is 2.49. The number of anilines is 1. The minimum atomic E-state index is -0.692. The van der Waals surface area contributed by atoms with Crippen molar-refractivity contribution >= 4 is 49.5 Å². The van der Waals surface area contributed by atoms with Gasteiger partial charge in [0.15, 0.2) is 5.82 Å². The zero-order valence-electron chi connectivity index (χ0n) is 11.5. The Kier molecular flexibility index (Phi) is 3.64. The number of nitrogens with one attached hydrogen (secondary N) is 1. The number of hydrogen-bond donors (Lipinski definition) is 2. The first kappa shape index (κ1) is 15.9. The number of fused-ring (bicyclic) bond motifs is 1. The summed E-state index contributed by atoms with van der Waals surface area (Å²) in [6.07, 6.45) is 0. The van der Waals surface area contributed by atoms with E-state index in [1.54, 1.807) is 6.92 Å². The maximum atomic E-state index is 14.1. The average Bonchev–Trinajstić information content (AvgIpc) is 2.74. The summed E-state index contributed by atoms with van der Waals surface area (Å²) in [5.41, 5.74) is 5.84. The standard InChI is InChI=1S/C14H8Br2FN3O3/c1-4-2-6(15)10(17)9(16)11(4)20-7(21)3-5-8(12(20)18)14(23)19-13(5)22/h2-3H,18H2,1H3,(H,19,22,23). The molecule has 0 saturated heterocycles. The van der Waals surface area contributed by atoms with Crippen LogP contribution in [0.3, 0.4) is 0 Å². The van der Waals surface area contributed by atoms with Gasteiger partial charge in [-0.2, -0.15) is 0 Å². The summed E-state index contributed by atoms with van der Waals surface area (Å²) in [6.45, 7) is 1.66. The van der Waals surface area contributed by atoms with Crippen molar-refractivity contribution in [3.63, 3.8) is 0 Å². The summed E-state index contributed by atoms with van der Waals surface area (Å²) in [4.78, 5) is 35.9. The predicted octanol–water partition coefficient (Wildman–Crippen LogP) is 2.28. The summed E-state index contributed by atoms with van der Waals surface area (Å²) in [5.74, 6) is -2.21. The molecule has 0 bridgehead atoms. The molecule has 0 spiro atoms. The van der Waals surface area contributed by atoms with E-state index in [2.05, 4.69) is 37.2 Å². The highest BCUT2D eigenvalue weighted by Gasteiger charge is 2.32. The summed E-state index contributed by atoms with van der Waals surface area (Å²) in [6, 6.07) is 2.50. The molecule has 0 fully saturated rings. The Morgan fingerprint density at radius 1 is 1.17 bits per heavy atom. The molecule has 1 aromatic carbocycles. The summed E-state index contributed by atoms with van der Waals surface area (Å²) in [7, 11) is 0. The second kappa shape index (κ2) is 5.27. The van der Waals surface area contributed by atoms with Gasteiger partial charge in [-0.1, -0.05) is 0 Å². The second-order valence-electron chi connectivity index (χ2n) is 4.93. The van der Waals surface area contributed by atoms with Gasteiger partial charge in [-0.25, -0.2) is 4.39 Å². The molecule has 2 heterocycles. The Balaban J connectivity index is 2.43. The Bertz CT molecular complexity index is 969. The fourth-order valence-corrected chi connectivity index (χ4v) is 4.00. The molecule has 0 radical (unpaired) electrons. The number of aromatic nitrogens is 1. The van der Waals surface area contributed by atoms with E-state index in [0.29, 0.717) is 5.56 Å². The van der Waals surface area contributed by atoms with Crippen LogP contribution in [0.4, 0.5) is 10.2 Å². The molecule has 23 heavy (non-hydrogen) atoms. The highest BCUT2D eigenvalue weighted by molar-refractivity contribution is 9.11. The first-order chi connectivity index (χ1) is 10.7. The van der Waals surface area contributed by atoms with Gasteiger partial charge >= 0.3 is 0 Å². The van der Waals surface area contributed by atoms with E-state index in [4.69, 9.17) is 5.73 Å². The van der Waals surface area contributed by atoms with Crippen molar-refractivity contribution in [1.82, 2.24) is 9.88 Å². The molecule has 6 nitrogen and oxygen atoms in total. The number of nitrogens with two attached hydrogens (primary N) is 1. The minimum Gasteiger partial charge on any atom is -0.384 e. The molecule has 0 saturated carbocycles. The number of carbonyl (C=O) groups excluding carboxylic acids is 2. The lowest BCUT2D eigenvalue weighted by Crippen LogP contribution is -2.25. The van der Waals surface area contributed by atoms with Gasteiger partial charge in [0, 0.05) is 6.07 Å². The molecule has 2 amide bonds. The lowest BCUT2D eigenvalue weighted by atomic mass is 10.1. The summed E-state index contributed by atoms with van der Waals surface area (Å²) in [5, 5.41) is 2.08. The van der Waals surface area contributed by atoms with Crippen LogP contribution in [-0.2, 0) is 0 Å². The number of benzene rings is 1. The summed E-state index contributed by atoms with van der Waals surface area (Å²) < 4.78 is 15.4. The maximum absolute atomic E-state index is 14.1. The van der Waals surface area contributed by atoms with E-state index in [0.717, 1.165) is 10.6 Å². The van der Waals surface area contributed by atoms with E-state index in [-0.39, 0.29) is 31.6 Å². The highest BCUT2D eigenvalue weighted by atomic mass is 79.9. The number of carbonyl (C=O) groups is 2. The molecule has 2 aromatic rings. The molecular formula is C14H8Br2FN3O3. The number of nitrogens with zero attached hydrogens (tertiary/aromatic N) is 1. The van der Waals surface area contributed by atoms with Crippen molar-refractivity contribution in [2.45, 2.75) is 6.92 Å². The van der Waals surface area contributed by atoms with Crippen LogP contribution < -0.4 is 16.6 Å². The van der Waals surface area contributed by atoms with Crippen molar-refractivity contribution in [3.8, 4) is 5.69 Å². The third kappa shape index (κ3) is 2.22. The molecule has 0 aliphatic carbocycles. The van der Waals surface area contributed by atoms with E-state index < -0.39 is 23.2 Å². The Morgan fingerprint density at radius 3 is 2.48 bits per heavy atom. The van der Waals surface area contributed by atoms with E-state index in [9.17, 15) is 18.8 Å². The number of halogens is 3. The maximum Gasteiger partial charge on any atom is 0.262 e. The van der Waals surface area contributed by atoms with Gasteiger partial charge in [0.2, 0.25) is 0 Å². The highest BCUT2D eigenvalue weighted by Crippen LogP contribution is 2.34. The van der Waals surface area contributed by atoms with E-state index in [1.807, 2.05) is 0 Å². The molecule has 1 aliphatic rings. The molecule has 0 atom stereocenters. The van der Waals surface area contributed by atoms with Crippen molar-refractivity contribution in [3.05, 3.63) is 53.9 Å². The smallest absolute Gasteiger partial charge is 0.262 e. The number of nitrogen functional groups attached to an aromatic ring is 1. The molecule has 118 valence electrons. The van der Waals surface area contributed by atoms with E-state index >= 15 is 0 Å². The first-order valence-electron chi connectivity index (χ1n) is 6.29. The lowest BCUT2D eigenvalue weighted by Gasteiger charge is -2.16. The number of rotatable bonds is 1. The third-order valence-electron chi connectivity index (χ3n) is 3.50. The molecule has 0 unspecified atom stereocenters. The number of pyridine rings is 1. The number of hydrogen-bond acceptors (Lipinski definition) is 4. The summed E-state index contributed by atoms with van der Waals surface area (Å²) >= 11 is 6.18. The molecule has 1 aromatic heterocycles. The van der Waals surface area contributed by atoms with Crippen LogP contribution in [0.25, 0.3) is 5.69 Å². The lowest BCUT2D eigenvalue weighted by molar-refractivity contribution is 0.0880. The van der Waals surface area contributed by atoms with Crippen molar-refractivity contribution in [2.75, 3.05) is 5.73 Å². The largest absolute Gasteiger partial charge is 0.384 e. The molecule has 3 rings (SSSR count). The van der Waals surface area contributed by atoms with Gasteiger partial charge in [-0.05, 0) is 50.4 Å². The van der Waals surface area contributed by atoms with Gasteiger partial charge in [-0.3, -0.25) is 24.3 Å². The van der Waals surface area contributed by atoms with Crippen LogP contribution in [0.5, 0.6) is 0 Å². The zero-order valence-corrected chi connectivity index (χ0v) is 14.7. The van der Waals surface area contributed by atoms with Gasteiger partial charge < -0.3 is 5.73 Å². The second-order valence-corrected chi connectivity index (χ2v) is 6.57. The normalized spacial score (nSPS) is 13.2. The molecule has 9 heteroatoms. The van der Waals surface area contributed by atoms with Crippen molar-refractivity contribution in [2.24, 2.45) is 0 Å². The van der Waals surface area contributed by atoms with Gasteiger partial charge in [0.25, 0.3) is 17.4 Å². The van der Waals surface area contributed by atoms with Crippen LogP contribution in [0.1, 0.15) is 26.3 Å². The van der Waals surface area contributed by atoms with Crippen LogP contribution in [0, 0.1) is 12.7 Å². The van der Waals surface area contributed by atoms with Gasteiger partial charge in [-0.15, -0.1) is 0 Å². The first-order valence-corrected chi connectivity index (χ1v) is 7.88. The molecular weight excluding hydrogens is 437 g/mol. The van der Waals surface area contributed by atoms with Crippen molar-refractivity contribution in [1.29, 1.82) is 0 Å². The van der Waals surface area contributed by atoms with Crippen LogP contribution in [0.2, 0.25) is 0 Å². The van der Waals surface area contributed by atoms with Gasteiger partial charge in [0.05, 0.1) is 25.8 Å². The monoisotopic (exact) mass is 443 g/mol. The predicted molar refractivity (Wildman–Crippen MR) is 88.3 cm³/mol. The number of aryl methyl sites for hydroxylation is 1. The SMILES string of the molecule is Cc1cc(Br)c(F)c(Br)c1-n1c(N)c2c(cc1=O)C(=O)NC2=O. The third-order valence-corrected chi connectivity index (χ3v) is 4.80. The Labute approximate surface area is 145 Å². The molecule has 3 N–H and O–H groups in total. The zero-order chi connectivity index (χ0) is 17.0. The topological polar surface area (TPSA) is 94.2 Å². The van der Waals surface area contributed by atoms with Crippen LogP contribution in [-0.4, -0.2) is 16.4 Å². The minimum absolute atomic E-state index is 0.0165. The van der Waals surface area contributed by atoms with Gasteiger partial charge in [0.1, 0.15) is 5.82 Å². The van der Waals surface area contributed by atoms with E-state index in [1.165, 1.54) is 6.07 Å². The number of imide groups is 1.